The molecule has 0 radical (unpaired) electrons. The molecule has 0 N–H and O–H groups in total. The van der Waals surface area contributed by atoms with Crippen molar-refractivity contribution in [2.75, 3.05) is 0 Å². The van der Waals surface area contributed by atoms with Gasteiger partial charge in [0.25, 0.3) is 0 Å². The zero-order valence-electron chi connectivity index (χ0n) is 14.2. The highest BCUT2D eigenvalue weighted by atomic mass is 35.5. The van der Waals surface area contributed by atoms with Crippen molar-refractivity contribution in [2.45, 2.75) is 18.8 Å². The normalized spacial score (nSPS) is 23.5. The minimum absolute atomic E-state index is 0.219. The highest BCUT2D eigenvalue weighted by Gasteiger charge is 2.36. The van der Waals surface area contributed by atoms with Crippen LogP contribution in [-0.2, 0) is 0 Å². The average molecular weight is 360 g/mol. The van der Waals surface area contributed by atoms with Crippen molar-refractivity contribution in [2.24, 2.45) is 11.8 Å². The lowest BCUT2D eigenvalue weighted by Gasteiger charge is -2.18. The molecule has 26 heavy (non-hydrogen) atoms. The van der Waals surface area contributed by atoms with Gasteiger partial charge in [0.1, 0.15) is 0 Å². The number of fused-ring (bicyclic) bond motifs is 2. The van der Waals surface area contributed by atoms with Gasteiger partial charge in [-0.25, -0.2) is 4.98 Å². The summed E-state index contributed by atoms with van der Waals surface area (Å²) >= 11 is 6.16. The van der Waals surface area contributed by atoms with Gasteiger partial charge in [-0.15, -0.1) is 0 Å². The lowest BCUT2D eigenvalue weighted by Crippen LogP contribution is -2.05. The summed E-state index contributed by atoms with van der Waals surface area (Å²) in [5.41, 5.74) is 3.31. The molecule has 0 spiro atoms. The van der Waals surface area contributed by atoms with Crippen LogP contribution >= 0.6 is 11.6 Å². The third kappa shape index (κ3) is 2.82. The minimum Gasteiger partial charge on any atom is -0.208 e. The van der Waals surface area contributed by atoms with Crippen LogP contribution in [0.3, 0.4) is 0 Å². The van der Waals surface area contributed by atoms with E-state index in [1.807, 2.05) is 30.3 Å². The van der Waals surface area contributed by atoms with Crippen molar-refractivity contribution in [3.63, 3.8) is 0 Å². The second-order valence-electron chi connectivity index (χ2n) is 7.13. The van der Waals surface area contributed by atoms with E-state index in [4.69, 9.17) is 11.6 Å². The van der Waals surface area contributed by atoms with Gasteiger partial charge < -0.3 is 0 Å². The van der Waals surface area contributed by atoms with E-state index in [9.17, 15) is 0 Å². The van der Waals surface area contributed by atoms with Gasteiger partial charge >= 0.3 is 0 Å². The van der Waals surface area contributed by atoms with Crippen LogP contribution in [0.5, 0.6) is 0 Å². The van der Waals surface area contributed by atoms with Gasteiger partial charge in [0, 0.05) is 11.1 Å². The summed E-state index contributed by atoms with van der Waals surface area (Å²) < 4.78 is 0. The number of rotatable bonds is 3. The van der Waals surface area contributed by atoms with Crippen LogP contribution in [0.1, 0.15) is 24.3 Å². The number of aromatic nitrogens is 3. The molecule has 3 atom stereocenters. The predicted molar refractivity (Wildman–Crippen MR) is 104 cm³/mol. The van der Waals surface area contributed by atoms with Crippen LogP contribution in [0, 0.1) is 11.8 Å². The number of benzene rings is 2. The summed E-state index contributed by atoms with van der Waals surface area (Å²) in [5, 5.41) is 0.219. The zero-order chi connectivity index (χ0) is 17.5. The third-order valence-corrected chi connectivity index (χ3v) is 5.69. The lowest BCUT2D eigenvalue weighted by atomic mass is 9.86. The summed E-state index contributed by atoms with van der Waals surface area (Å²) in [6, 6.07) is 18.5. The van der Waals surface area contributed by atoms with Crippen molar-refractivity contribution >= 4 is 11.6 Å². The SMILES string of the molecule is Clc1nc(-c2ccccc2)nc(-c2ccc(C3CC4C=CC3C4)cc2)n1. The lowest BCUT2D eigenvalue weighted by molar-refractivity contribution is 0.586. The molecule has 5 rings (SSSR count). The molecule has 2 aliphatic carbocycles. The van der Waals surface area contributed by atoms with E-state index in [2.05, 4.69) is 51.4 Å². The van der Waals surface area contributed by atoms with E-state index in [0.717, 1.165) is 17.0 Å². The molecule has 3 unspecified atom stereocenters. The van der Waals surface area contributed by atoms with Crippen LogP contribution in [0.15, 0.2) is 66.7 Å². The molecule has 1 fully saturated rings. The second kappa shape index (κ2) is 6.33. The van der Waals surface area contributed by atoms with Crippen molar-refractivity contribution in [1.29, 1.82) is 0 Å². The first-order valence-corrected chi connectivity index (χ1v) is 9.40. The Labute approximate surface area is 157 Å². The molecule has 3 nitrogen and oxygen atoms in total. The van der Waals surface area contributed by atoms with E-state index in [-0.39, 0.29) is 5.28 Å². The number of halogens is 1. The summed E-state index contributed by atoms with van der Waals surface area (Å²) in [7, 11) is 0. The fourth-order valence-corrected chi connectivity index (χ4v) is 4.40. The largest absolute Gasteiger partial charge is 0.226 e. The molecule has 1 aromatic heterocycles. The van der Waals surface area contributed by atoms with E-state index >= 15 is 0 Å². The van der Waals surface area contributed by atoms with Crippen LogP contribution in [0.2, 0.25) is 5.28 Å². The average Bonchev–Trinajstić information content (AvgIpc) is 3.32. The first kappa shape index (κ1) is 15.7. The van der Waals surface area contributed by atoms with Crippen molar-refractivity contribution < 1.29 is 0 Å². The maximum Gasteiger partial charge on any atom is 0.226 e. The fraction of sp³-hybridized carbons (Fsp3) is 0.227. The molecule has 2 aromatic carbocycles. The van der Waals surface area contributed by atoms with Crippen LogP contribution in [-0.4, -0.2) is 15.0 Å². The van der Waals surface area contributed by atoms with Crippen LogP contribution in [0.4, 0.5) is 0 Å². The first-order valence-electron chi connectivity index (χ1n) is 9.02. The quantitative estimate of drug-likeness (QED) is 0.576. The van der Waals surface area contributed by atoms with E-state index in [0.29, 0.717) is 23.5 Å². The Kier molecular flexibility index (Phi) is 3.83. The standard InChI is InChI=1S/C22H18ClN3/c23-22-25-20(16-4-2-1-3-5-16)24-21(26-22)17-10-8-15(9-11-17)19-13-14-6-7-18(19)12-14/h1-11,14,18-19H,12-13H2. The molecule has 0 saturated heterocycles. The Morgan fingerprint density at radius 3 is 2.04 bits per heavy atom. The predicted octanol–water partition coefficient (Wildman–Crippen LogP) is 5.54. The maximum atomic E-state index is 6.16. The summed E-state index contributed by atoms with van der Waals surface area (Å²) in [6.07, 6.45) is 7.37. The fourth-order valence-electron chi connectivity index (χ4n) is 4.24. The monoisotopic (exact) mass is 359 g/mol. The summed E-state index contributed by atoms with van der Waals surface area (Å²) in [5.74, 6) is 3.36. The highest BCUT2D eigenvalue weighted by Crippen LogP contribution is 2.48. The molecule has 4 heteroatoms. The molecule has 0 amide bonds. The Bertz CT molecular complexity index is 966. The molecule has 1 heterocycles. The number of nitrogens with zero attached hydrogens (tertiary/aromatic N) is 3. The number of hydrogen-bond acceptors (Lipinski definition) is 3. The smallest absolute Gasteiger partial charge is 0.208 e. The summed E-state index contributed by atoms with van der Waals surface area (Å²) in [6.45, 7) is 0. The van der Waals surface area contributed by atoms with Gasteiger partial charge in [-0.3, -0.25) is 0 Å². The van der Waals surface area contributed by atoms with Crippen LogP contribution < -0.4 is 0 Å². The van der Waals surface area contributed by atoms with Gasteiger partial charge in [0.2, 0.25) is 5.28 Å². The Hall–Kier alpha value is -2.52. The first-order chi connectivity index (χ1) is 12.8. The van der Waals surface area contributed by atoms with E-state index in [1.54, 1.807) is 0 Å². The molecule has 3 aromatic rings. The molecular formula is C22H18ClN3. The molecule has 2 bridgehead atoms. The minimum atomic E-state index is 0.219. The second-order valence-corrected chi connectivity index (χ2v) is 7.46. The Balaban J connectivity index is 1.46. The molecule has 0 aliphatic heterocycles. The topological polar surface area (TPSA) is 38.7 Å². The number of allylic oxidation sites excluding steroid dienone is 2. The third-order valence-electron chi connectivity index (χ3n) is 5.52. The Morgan fingerprint density at radius 2 is 1.42 bits per heavy atom. The summed E-state index contributed by atoms with van der Waals surface area (Å²) in [4.78, 5) is 13.2. The van der Waals surface area contributed by atoms with Gasteiger partial charge in [-0.2, -0.15) is 9.97 Å². The molecular weight excluding hydrogens is 342 g/mol. The van der Waals surface area contributed by atoms with Crippen LogP contribution in [0.25, 0.3) is 22.8 Å². The zero-order valence-corrected chi connectivity index (χ0v) is 15.0. The molecule has 128 valence electrons. The maximum absolute atomic E-state index is 6.16. The highest BCUT2D eigenvalue weighted by molar-refractivity contribution is 6.28. The van der Waals surface area contributed by atoms with Gasteiger partial charge in [-0.1, -0.05) is 66.7 Å². The van der Waals surface area contributed by atoms with Gasteiger partial charge in [0.05, 0.1) is 0 Å². The van der Waals surface area contributed by atoms with E-state index < -0.39 is 0 Å². The Morgan fingerprint density at radius 1 is 0.731 bits per heavy atom. The van der Waals surface area contributed by atoms with Gasteiger partial charge in [0.15, 0.2) is 11.6 Å². The van der Waals surface area contributed by atoms with Crippen molar-refractivity contribution in [3.05, 3.63) is 77.6 Å². The van der Waals surface area contributed by atoms with Crippen molar-refractivity contribution in [3.8, 4) is 22.8 Å². The van der Waals surface area contributed by atoms with E-state index in [1.165, 1.54) is 18.4 Å². The van der Waals surface area contributed by atoms with Crippen molar-refractivity contribution in [1.82, 2.24) is 15.0 Å². The molecule has 1 saturated carbocycles. The van der Waals surface area contributed by atoms with Gasteiger partial charge in [-0.05, 0) is 47.8 Å². The molecule has 2 aliphatic rings. The number of hydrogen-bond donors (Lipinski definition) is 0.